The van der Waals surface area contributed by atoms with Gasteiger partial charge in [-0.25, -0.2) is 4.98 Å². The van der Waals surface area contributed by atoms with Crippen LogP contribution in [0.25, 0.3) is 11.3 Å². The molecule has 2 heterocycles. The summed E-state index contributed by atoms with van der Waals surface area (Å²) < 4.78 is 1.96. The molecule has 0 unspecified atom stereocenters. The summed E-state index contributed by atoms with van der Waals surface area (Å²) in [6.07, 6.45) is 5.45. The van der Waals surface area contributed by atoms with Gasteiger partial charge in [-0.1, -0.05) is 12.1 Å². The fraction of sp³-hybridized carbons (Fsp3) is 0.304. The minimum absolute atomic E-state index is 0.110. The Morgan fingerprint density at radius 2 is 2.03 bits per heavy atom. The summed E-state index contributed by atoms with van der Waals surface area (Å²) in [6, 6.07) is 7.76. The molecule has 2 aromatic heterocycles. The number of aryl methyl sites for hydroxylation is 1. The third-order valence-corrected chi connectivity index (χ3v) is 5.48. The number of aromatic nitrogens is 2. The number of thiazole rings is 1. The molecule has 0 saturated heterocycles. The maximum Gasteiger partial charge on any atom is 0.253 e. The highest BCUT2D eigenvalue weighted by Gasteiger charge is 2.16. The Hall–Kier alpha value is -3.26. The van der Waals surface area contributed by atoms with Crippen LogP contribution in [0.15, 0.2) is 47.0 Å². The number of hydrogen-bond acceptors (Lipinski definition) is 5. The number of carbonyl (C=O) groups excluding carboxylic acids is 2. The molecule has 0 aliphatic carbocycles. The van der Waals surface area contributed by atoms with Gasteiger partial charge in [0.1, 0.15) is 0 Å². The second-order valence-corrected chi connectivity index (χ2v) is 9.06. The molecule has 0 aliphatic heterocycles. The Labute approximate surface area is 186 Å². The quantitative estimate of drug-likeness (QED) is 0.569. The monoisotopic (exact) mass is 437 g/mol. The van der Waals surface area contributed by atoms with Crippen molar-refractivity contribution in [1.29, 1.82) is 0 Å². The number of amides is 2. The van der Waals surface area contributed by atoms with Crippen LogP contribution in [-0.4, -0.2) is 41.2 Å². The predicted octanol–water partition coefficient (Wildman–Crippen LogP) is 4.09. The largest absolute Gasteiger partial charge is 0.348 e. The van der Waals surface area contributed by atoms with Gasteiger partial charge < -0.3 is 15.2 Å². The van der Waals surface area contributed by atoms with E-state index >= 15 is 0 Å². The van der Waals surface area contributed by atoms with E-state index in [9.17, 15) is 9.59 Å². The van der Waals surface area contributed by atoms with Gasteiger partial charge in [-0.3, -0.25) is 14.6 Å². The van der Waals surface area contributed by atoms with E-state index in [1.54, 1.807) is 19.3 Å². The Bertz CT molecular complexity index is 1120. The van der Waals surface area contributed by atoms with Crippen LogP contribution in [0.5, 0.6) is 0 Å². The molecule has 0 spiro atoms. The van der Waals surface area contributed by atoms with Crippen molar-refractivity contribution >= 4 is 34.5 Å². The Kier molecular flexibility index (Phi) is 6.70. The first-order valence-corrected chi connectivity index (χ1v) is 10.8. The molecular weight excluding hydrogens is 410 g/mol. The van der Waals surface area contributed by atoms with Crippen molar-refractivity contribution in [2.24, 2.45) is 4.99 Å². The summed E-state index contributed by atoms with van der Waals surface area (Å²) in [6.45, 7) is 8.06. The first kappa shape index (κ1) is 22.4. The van der Waals surface area contributed by atoms with Crippen molar-refractivity contribution in [2.45, 2.75) is 33.2 Å². The third-order valence-electron chi connectivity index (χ3n) is 4.72. The van der Waals surface area contributed by atoms with Gasteiger partial charge in [0, 0.05) is 42.1 Å². The third kappa shape index (κ3) is 5.67. The van der Waals surface area contributed by atoms with Crippen LogP contribution < -0.4 is 10.6 Å². The maximum absolute atomic E-state index is 12.3. The van der Waals surface area contributed by atoms with Crippen LogP contribution in [0, 0.1) is 6.92 Å². The van der Waals surface area contributed by atoms with Gasteiger partial charge >= 0.3 is 0 Å². The molecule has 2 N–H and O–H groups in total. The first-order chi connectivity index (χ1) is 14.7. The number of nitrogens with one attached hydrogen (secondary N) is 2. The van der Waals surface area contributed by atoms with E-state index in [1.165, 1.54) is 11.3 Å². The molecule has 2 amide bonds. The van der Waals surface area contributed by atoms with E-state index in [2.05, 4.69) is 41.4 Å². The first-order valence-electron chi connectivity index (χ1n) is 9.92. The zero-order chi connectivity index (χ0) is 22.6. The second kappa shape index (κ2) is 9.26. The number of rotatable bonds is 6. The normalized spacial score (nSPS) is 11.6. The average Bonchev–Trinajstić information content (AvgIpc) is 3.37. The molecule has 7 nitrogen and oxygen atoms in total. The van der Waals surface area contributed by atoms with Crippen molar-refractivity contribution in [2.75, 3.05) is 18.9 Å². The lowest BCUT2D eigenvalue weighted by Crippen LogP contribution is -2.32. The second-order valence-electron chi connectivity index (χ2n) is 8.21. The van der Waals surface area contributed by atoms with E-state index in [1.807, 2.05) is 47.5 Å². The highest BCUT2D eigenvalue weighted by atomic mass is 32.1. The van der Waals surface area contributed by atoms with Gasteiger partial charge in [-0.15, -0.1) is 11.3 Å². The van der Waals surface area contributed by atoms with Crippen LogP contribution in [0.1, 0.15) is 42.3 Å². The highest BCUT2D eigenvalue weighted by Crippen LogP contribution is 2.26. The van der Waals surface area contributed by atoms with Crippen LogP contribution in [0.3, 0.4) is 0 Å². The molecule has 0 fully saturated rings. The zero-order valence-electron chi connectivity index (χ0n) is 18.4. The molecule has 0 saturated carbocycles. The molecule has 1 aromatic carbocycles. The molecule has 0 radical (unpaired) electrons. The summed E-state index contributed by atoms with van der Waals surface area (Å²) >= 11 is 1.34. The van der Waals surface area contributed by atoms with Gasteiger partial charge in [0.15, 0.2) is 5.13 Å². The Morgan fingerprint density at radius 3 is 2.68 bits per heavy atom. The fourth-order valence-corrected chi connectivity index (χ4v) is 3.69. The van der Waals surface area contributed by atoms with E-state index in [0.29, 0.717) is 10.7 Å². The molecule has 3 aromatic rings. The number of benzene rings is 1. The number of nitrogens with zero attached hydrogens (tertiary/aromatic N) is 3. The van der Waals surface area contributed by atoms with Crippen LogP contribution in [0.2, 0.25) is 0 Å². The van der Waals surface area contributed by atoms with Gasteiger partial charge in [0.05, 0.1) is 17.8 Å². The zero-order valence-corrected chi connectivity index (χ0v) is 19.2. The highest BCUT2D eigenvalue weighted by molar-refractivity contribution is 7.14. The fourth-order valence-electron chi connectivity index (χ4n) is 2.96. The lowest BCUT2D eigenvalue weighted by atomic mass is 10.0. The SMILES string of the molecule is CN=Cc1ccc(-c2csc(NC(=O)CNC(=O)c3ccn(C(C)(C)C)c3)n2)cc1C. The number of carbonyl (C=O) groups is 2. The molecule has 0 atom stereocenters. The van der Waals surface area contributed by atoms with Gasteiger partial charge in [0.2, 0.25) is 5.91 Å². The van der Waals surface area contributed by atoms with Crippen molar-refractivity contribution in [3.05, 3.63) is 58.7 Å². The number of aliphatic imine (C=N–C) groups is 1. The Balaban J connectivity index is 1.57. The van der Waals surface area contributed by atoms with Crippen LogP contribution >= 0.6 is 11.3 Å². The van der Waals surface area contributed by atoms with Crippen molar-refractivity contribution in [3.8, 4) is 11.3 Å². The summed E-state index contributed by atoms with van der Waals surface area (Å²) in [5.74, 6) is -0.612. The summed E-state index contributed by atoms with van der Waals surface area (Å²) in [5, 5.41) is 7.78. The maximum atomic E-state index is 12.3. The molecule has 8 heteroatoms. The molecule has 0 aliphatic rings. The van der Waals surface area contributed by atoms with E-state index in [-0.39, 0.29) is 23.9 Å². The standard InChI is InChI=1S/C23H27N5O2S/c1-15-10-16(6-7-17(15)11-24-5)19-14-31-22(26-19)27-20(29)12-25-21(30)18-8-9-28(13-18)23(2,3)4/h6-11,13-14H,12H2,1-5H3,(H,25,30)(H,26,27,29). The number of hydrogen-bond donors (Lipinski definition) is 2. The molecule has 3 rings (SSSR count). The van der Waals surface area contributed by atoms with Crippen molar-refractivity contribution in [3.63, 3.8) is 0 Å². The lowest BCUT2D eigenvalue weighted by Gasteiger charge is -2.20. The van der Waals surface area contributed by atoms with E-state index in [4.69, 9.17) is 0 Å². The van der Waals surface area contributed by atoms with Gasteiger partial charge in [-0.05, 0) is 51.0 Å². The summed E-state index contributed by atoms with van der Waals surface area (Å²) in [5.41, 5.74) is 4.33. The van der Waals surface area contributed by atoms with E-state index < -0.39 is 0 Å². The molecule has 31 heavy (non-hydrogen) atoms. The Morgan fingerprint density at radius 1 is 1.26 bits per heavy atom. The topological polar surface area (TPSA) is 88.4 Å². The molecule has 0 bridgehead atoms. The average molecular weight is 438 g/mol. The van der Waals surface area contributed by atoms with Crippen LogP contribution in [0.4, 0.5) is 5.13 Å². The lowest BCUT2D eigenvalue weighted by molar-refractivity contribution is -0.115. The summed E-state index contributed by atoms with van der Waals surface area (Å²) in [7, 11) is 1.74. The smallest absolute Gasteiger partial charge is 0.253 e. The van der Waals surface area contributed by atoms with Gasteiger partial charge in [0.25, 0.3) is 5.91 Å². The van der Waals surface area contributed by atoms with Gasteiger partial charge in [-0.2, -0.15) is 0 Å². The minimum atomic E-state index is -0.324. The predicted molar refractivity (Wildman–Crippen MR) is 126 cm³/mol. The number of anilines is 1. The molecular formula is C23H27N5O2S. The van der Waals surface area contributed by atoms with E-state index in [0.717, 1.165) is 22.4 Å². The summed E-state index contributed by atoms with van der Waals surface area (Å²) in [4.78, 5) is 33.1. The van der Waals surface area contributed by atoms with Crippen molar-refractivity contribution in [1.82, 2.24) is 14.9 Å². The van der Waals surface area contributed by atoms with Crippen LogP contribution in [-0.2, 0) is 10.3 Å². The minimum Gasteiger partial charge on any atom is -0.348 e. The molecule has 162 valence electrons. The van der Waals surface area contributed by atoms with Crippen molar-refractivity contribution < 1.29 is 9.59 Å².